The first-order valence-electron chi connectivity index (χ1n) is 8.39. The van der Waals surface area contributed by atoms with E-state index in [1.165, 1.54) is 0 Å². The Labute approximate surface area is 150 Å². The highest BCUT2D eigenvalue weighted by Gasteiger charge is 2.22. The van der Waals surface area contributed by atoms with E-state index in [-0.39, 0.29) is 13.6 Å². The fourth-order valence-corrected chi connectivity index (χ4v) is 3.64. The summed E-state index contributed by atoms with van der Waals surface area (Å²) in [6.07, 6.45) is 1.81. The van der Waals surface area contributed by atoms with Gasteiger partial charge in [0, 0.05) is 29.2 Å². The third-order valence-corrected chi connectivity index (χ3v) is 4.83. The molecule has 0 aliphatic carbocycles. The molecule has 0 saturated carbocycles. The maximum absolute atomic E-state index is 5.65. The summed E-state index contributed by atoms with van der Waals surface area (Å²) in [6, 6.07) is 12.2. The number of nitrogens with one attached hydrogen (secondary N) is 1. The molecular formula is C21H17NO4. The van der Waals surface area contributed by atoms with Gasteiger partial charge in [-0.2, -0.15) is 0 Å². The molecule has 2 aliphatic heterocycles. The summed E-state index contributed by atoms with van der Waals surface area (Å²) in [5.41, 5.74) is 4.04. The van der Waals surface area contributed by atoms with Gasteiger partial charge in [0.2, 0.25) is 13.6 Å². The molecule has 0 fully saturated rings. The molecule has 0 amide bonds. The Hall–Kier alpha value is -3.34. The summed E-state index contributed by atoms with van der Waals surface area (Å²) in [4.78, 5) is 0. The van der Waals surface area contributed by atoms with Gasteiger partial charge in [0.05, 0.1) is 0 Å². The van der Waals surface area contributed by atoms with Gasteiger partial charge in [-0.15, -0.1) is 0 Å². The lowest BCUT2D eigenvalue weighted by Gasteiger charge is -2.16. The lowest BCUT2D eigenvalue weighted by molar-refractivity contribution is 0.173. The quantitative estimate of drug-likeness (QED) is 0.747. The molecule has 2 aliphatic rings. The average Bonchev–Trinajstić information content (AvgIpc) is 3.33. The minimum Gasteiger partial charge on any atom is -0.454 e. The van der Waals surface area contributed by atoms with E-state index in [0.29, 0.717) is 0 Å². The monoisotopic (exact) mass is 347 g/mol. The number of fused-ring (bicyclic) bond motifs is 3. The standard InChI is InChI=1S/C21H17NO4/c1-3-13-14(6-7-17-21(13)26-11-23-17)15-5-4-12-8-18-19(25-10-24-18)9-16(12)20(15)22-2/h3-9,22H,1,10-11H2,2H3. The van der Waals surface area contributed by atoms with Crippen molar-refractivity contribution in [3.63, 3.8) is 0 Å². The van der Waals surface area contributed by atoms with Crippen LogP contribution in [0.3, 0.4) is 0 Å². The highest BCUT2D eigenvalue weighted by Crippen LogP contribution is 2.46. The molecule has 130 valence electrons. The Morgan fingerprint density at radius 3 is 2.42 bits per heavy atom. The number of anilines is 1. The number of hydrogen-bond donors (Lipinski definition) is 1. The molecule has 2 heterocycles. The van der Waals surface area contributed by atoms with Crippen LogP contribution in [0, 0.1) is 0 Å². The molecule has 3 aromatic rings. The second-order valence-electron chi connectivity index (χ2n) is 6.13. The molecule has 0 saturated heterocycles. The van der Waals surface area contributed by atoms with Crippen molar-refractivity contribution in [1.29, 1.82) is 0 Å². The van der Waals surface area contributed by atoms with Gasteiger partial charge in [-0.25, -0.2) is 0 Å². The van der Waals surface area contributed by atoms with Crippen LogP contribution < -0.4 is 24.3 Å². The number of benzene rings is 3. The zero-order valence-electron chi connectivity index (χ0n) is 14.3. The van der Waals surface area contributed by atoms with Gasteiger partial charge in [0.25, 0.3) is 0 Å². The molecule has 0 spiro atoms. The molecule has 0 atom stereocenters. The average molecular weight is 347 g/mol. The molecule has 0 aromatic heterocycles. The van der Waals surface area contributed by atoms with E-state index in [9.17, 15) is 0 Å². The predicted octanol–water partition coefficient (Wildman–Crippen LogP) is 4.65. The van der Waals surface area contributed by atoms with Crippen LogP contribution in [-0.2, 0) is 0 Å². The highest BCUT2D eigenvalue weighted by molar-refractivity contribution is 6.04. The smallest absolute Gasteiger partial charge is 0.231 e. The van der Waals surface area contributed by atoms with Crippen molar-refractivity contribution in [2.45, 2.75) is 0 Å². The van der Waals surface area contributed by atoms with E-state index in [2.05, 4.69) is 24.0 Å². The molecule has 5 rings (SSSR count). The zero-order valence-corrected chi connectivity index (χ0v) is 14.3. The van der Waals surface area contributed by atoms with Crippen molar-refractivity contribution in [1.82, 2.24) is 0 Å². The number of hydrogen-bond acceptors (Lipinski definition) is 5. The second-order valence-corrected chi connectivity index (χ2v) is 6.13. The van der Waals surface area contributed by atoms with Crippen molar-refractivity contribution in [2.75, 3.05) is 26.0 Å². The van der Waals surface area contributed by atoms with Crippen LogP contribution in [0.1, 0.15) is 5.56 Å². The van der Waals surface area contributed by atoms with Crippen molar-refractivity contribution >= 4 is 22.5 Å². The van der Waals surface area contributed by atoms with E-state index < -0.39 is 0 Å². The maximum Gasteiger partial charge on any atom is 0.231 e. The van der Waals surface area contributed by atoms with E-state index in [4.69, 9.17) is 18.9 Å². The van der Waals surface area contributed by atoms with Crippen LogP contribution in [0.15, 0.2) is 43.0 Å². The fraction of sp³-hybridized carbons (Fsp3) is 0.143. The molecule has 0 radical (unpaired) electrons. The molecule has 5 heteroatoms. The summed E-state index contributed by atoms with van der Waals surface area (Å²) in [5.74, 6) is 3.03. The van der Waals surface area contributed by atoms with Crippen molar-refractivity contribution in [3.8, 4) is 34.1 Å². The van der Waals surface area contributed by atoms with Crippen LogP contribution in [0.5, 0.6) is 23.0 Å². The minimum absolute atomic E-state index is 0.236. The van der Waals surface area contributed by atoms with E-state index in [1.807, 2.05) is 37.4 Å². The third kappa shape index (κ3) is 2.03. The molecule has 3 aromatic carbocycles. The molecule has 5 nitrogen and oxygen atoms in total. The Bertz CT molecular complexity index is 1060. The van der Waals surface area contributed by atoms with E-state index >= 15 is 0 Å². The van der Waals surface area contributed by atoms with Crippen LogP contribution in [0.4, 0.5) is 5.69 Å². The first-order chi connectivity index (χ1) is 12.8. The SMILES string of the molecule is C=Cc1c(-c2ccc3cc4c(cc3c2NC)OCO4)ccc2c1OCO2. The Kier molecular flexibility index (Phi) is 3.22. The van der Waals surface area contributed by atoms with Gasteiger partial charge in [-0.1, -0.05) is 24.8 Å². The highest BCUT2D eigenvalue weighted by atomic mass is 16.7. The maximum atomic E-state index is 5.65. The summed E-state index contributed by atoms with van der Waals surface area (Å²) in [5, 5.41) is 5.50. The van der Waals surface area contributed by atoms with Crippen LogP contribution >= 0.6 is 0 Å². The van der Waals surface area contributed by atoms with Gasteiger partial charge in [0.1, 0.15) is 0 Å². The first kappa shape index (κ1) is 15.0. The van der Waals surface area contributed by atoms with Gasteiger partial charge < -0.3 is 24.3 Å². The molecule has 26 heavy (non-hydrogen) atoms. The van der Waals surface area contributed by atoms with Crippen molar-refractivity contribution in [2.24, 2.45) is 0 Å². The number of ether oxygens (including phenoxy) is 4. The molecule has 1 N–H and O–H groups in total. The van der Waals surface area contributed by atoms with Crippen molar-refractivity contribution < 1.29 is 18.9 Å². The Morgan fingerprint density at radius 1 is 0.885 bits per heavy atom. The number of rotatable bonds is 3. The third-order valence-electron chi connectivity index (χ3n) is 4.83. The molecule has 0 bridgehead atoms. The summed E-state index contributed by atoms with van der Waals surface area (Å²) in [6.45, 7) is 4.46. The lowest BCUT2D eigenvalue weighted by Crippen LogP contribution is -1.96. The largest absolute Gasteiger partial charge is 0.454 e. The first-order valence-corrected chi connectivity index (χ1v) is 8.39. The fourth-order valence-electron chi connectivity index (χ4n) is 3.64. The summed E-state index contributed by atoms with van der Waals surface area (Å²) >= 11 is 0. The minimum atomic E-state index is 0.236. The van der Waals surface area contributed by atoms with Crippen molar-refractivity contribution in [3.05, 3.63) is 48.5 Å². The Balaban J connectivity index is 1.78. The van der Waals surface area contributed by atoms with Gasteiger partial charge in [0.15, 0.2) is 23.0 Å². The summed E-state index contributed by atoms with van der Waals surface area (Å²) in [7, 11) is 1.92. The van der Waals surface area contributed by atoms with E-state index in [1.54, 1.807) is 0 Å². The normalized spacial score (nSPS) is 13.9. The van der Waals surface area contributed by atoms with Gasteiger partial charge >= 0.3 is 0 Å². The van der Waals surface area contributed by atoms with Crippen LogP contribution in [-0.4, -0.2) is 20.6 Å². The topological polar surface area (TPSA) is 49.0 Å². The van der Waals surface area contributed by atoms with E-state index in [0.717, 1.165) is 56.1 Å². The lowest BCUT2D eigenvalue weighted by atomic mass is 9.93. The predicted molar refractivity (Wildman–Crippen MR) is 101 cm³/mol. The van der Waals surface area contributed by atoms with Crippen LogP contribution in [0.25, 0.3) is 28.0 Å². The molecular weight excluding hydrogens is 330 g/mol. The molecule has 0 unspecified atom stereocenters. The zero-order chi connectivity index (χ0) is 17.7. The summed E-state index contributed by atoms with van der Waals surface area (Å²) < 4.78 is 22.2. The second kappa shape index (κ2) is 5.59. The van der Waals surface area contributed by atoms with Gasteiger partial charge in [-0.05, 0) is 35.2 Å². The van der Waals surface area contributed by atoms with Crippen LogP contribution in [0.2, 0.25) is 0 Å². The Morgan fingerprint density at radius 2 is 1.62 bits per heavy atom. The van der Waals surface area contributed by atoms with Gasteiger partial charge in [-0.3, -0.25) is 0 Å².